The first-order valence-corrected chi connectivity index (χ1v) is 7.17. The summed E-state index contributed by atoms with van der Waals surface area (Å²) in [6, 6.07) is 7.79. The molecule has 19 heavy (non-hydrogen) atoms. The number of hydrogen-bond acceptors (Lipinski definition) is 1. The minimum atomic E-state index is -0.112. The molecule has 2 heterocycles. The molecule has 0 atom stereocenters. The minimum Gasteiger partial charge on any atom is -0.338 e. The Morgan fingerprint density at radius 1 is 1.21 bits per heavy atom. The van der Waals surface area contributed by atoms with Crippen LogP contribution < -0.4 is 0 Å². The number of hydrogen-bond donors (Lipinski definition) is 0. The number of aromatic nitrogens is 1. The number of nitrogens with zero attached hydrogens (tertiary/aromatic N) is 2. The summed E-state index contributed by atoms with van der Waals surface area (Å²) in [6.07, 6.45) is 2.58. The highest BCUT2D eigenvalue weighted by molar-refractivity contribution is 5.82. The maximum atomic E-state index is 14.1. The second-order valence-corrected chi connectivity index (χ2v) is 5.76. The van der Waals surface area contributed by atoms with E-state index in [0.717, 1.165) is 17.4 Å². The molecule has 0 spiro atoms. The van der Waals surface area contributed by atoms with Crippen molar-refractivity contribution in [3.05, 3.63) is 35.8 Å². The summed E-state index contributed by atoms with van der Waals surface area (Å²) < 4.78 is 16.3. The maximum absolute atomic E-state index is 14.1. The topological polar surface area (TPSA) is 8.17 Å². The molecule has 0 aliphatic carbocycles. The van der Waals surface area contributed by atoms with E-state index in [1.54, 1.807) is 12.1 Å². The highest BCUT2D eigenvalue weighted by Gasteiger charge is 2.18. The highest BCUT2D eigenvalue weighted by atomic mass is 19.1. The van der Waals surface area contributed by atoms with Crippen molar-refractivity contribution in [3.8, 4) is 0 Å². The Kier molecular flexibility index (Phi) is 3.31. The molecule has 1 aromatic heterocycles. The van der Waals surface area contributed by atoms with Crippen molar-refractivity contribution in [2.24, 2.45) is 0 Å². The minimum absolute atomic E-state index is 0.112. The molecule has 1 aliphatic heterocycles. The molecule has 2 aromatic rings. The molecule has 2 nitrogen and oxygen atoms in total. The van der Waals surface area contributed by atoms with Crippen molar-refractivity contribution in [2.75, 3.05) is 13.1 Å². The van der Waals surface area contributed by atoms with E-state index >= 15 is 0 Å². The van der Waals surface area contributed by atoms with Gasteiger partial charge < -0.3 is 4.57 Å². The van der Waals surface area contributed by atoms with E-state index in [2.05, 4.69) is 29.4 Å². The van der Waals surface area contributed by atoms with Gasteiger partial charge in [-0.1, -0.05) is 12.1 Å². The van der Waals surface area contributed by atoms with Crippen molar-refractivity contribution < 1.29 is 4.39 Å². The van der Waals surface area contributed by atoms with Crippen LogP contribution in [0.4, 0.5) is 4.39 Å². The number of halogens is 1. The SMILES string of the molecule is CC(C)n1c(CN2CCCC2)cc2cccc(F)c21. The Morgan fingerprint density at radius 2 is 1.95 bits per heavy atom. The first kappa shape index (κ1) is 12.7. The van der Waals surface area contributed by atoms with Crippen molar-refractivity contribution in [1.82, 2.24) is 9.47 Å². The lowest BCUT2D eigenvalue weighted by Gasteiger charge is -2.19. The molecule has 3 heteroatoms. The molecule has 0 radical (unpaired) electrons. The first-order chi connectivity index (χ1) is 9.16. The monoisotopic (exact) mass is 260 g/mol. The average Bonchev–Trinajstić information content (AvgIpc) is 2.97. The summed E-state index contributed by atoms with van der Waals surface area (Å²) in [5.74, 6) is -0.112. The van der Waals surface area contributed by atoms with Gasteiger partial charge in [-0.15, -0.1) is 0 Å². The van der Waals surface area contributed by atoms with Gasteiger partial charge in [0.25, 0.3) is 0 Å². The number of benzene rings is 1. The van der Waals surface area contributed by atoms with Crippen LogP contribution in [0.3, 0.4) is 0 Å². The van der Waals surface area contributed by atoms with Gasteiger partial charge in [-0.2, -0.15) is 0 Å². The Morgan fingerprint density at radius 3 is 2.63 bits per heavy atom. The van der Waals surface area contributed by atoms with Gasteiger partial charge in [0, 0.05) is 23.7 Å². The van der Waals surface area contributed by atoms with Crippen molar-refractivity contribution >= 4 is 10.9 Å². The van der Waals surface area contributed by atoms with Crippen molar-refractivity contribution in [3.63, 3.8) is 0 Å². The Balaban J connectivity index is 2.07. The van der Waals surface area contributed by atoms with E-state index in [9.17, 15) is 4.39 Å². The lowest BCUT2D eigenvalue weighted by atomic mass is 10.2. The van der Waals surface area contributed by atoms with Crippen LogP contribution in [-0.2, 0) is 6.54 Å². The van der Waals surface area contributed by atoms with Crippen LogP contribution in [0.1, 0.15) is 38.4 Å². The normalized spacial score (nSPS) is 16.8. The number of fused-ring (bicyclic) bond motifs is 1. The molecule has 0 unspecified atom stereocenters. The molecular formula is C16H21FN2. The van der Waals surface area contributed by atoms with Crippen LogP contribution in [0.2, 0.25) is 0 Å². The zero-order valence-corrected chi connectivity index (χ0v) is 11.7. The van der Waals surface area contributed by atoms with Gasteiger partial charge in [-0.25, -0.2) is 4.39 Å². The van der Waals surface area contributed by atoms with E-state index in [0.29, 0.717) is 0 Å². The van der Waals surface area contributed by atoms with Gasteiger partial charge in [-0.3, -0.25) is 4.90 Å². The van der Waals surface area contributed by atoms with Crippen LogP contribution >= 0.6 is 0 Å². The van der Waals surface area contributed by atoms with Gasteiger partial charge in [-0.05, 0) is 51.9 Å². The first-order valence-electron chi connectivity index (χ1n) is 7.17. The summed E-state index contributed by atoms with van der Waals surface area (Å²) in [4.78, 5) is 2.46. The predicted octanol–water partition coefficient (Wildman–Crippen LogP) is 3.96. The van der Waals surface area contributed by atoms with Gasteiger partial charge in [0.2, 0.25) is 0 Å². The van der Waals surface area contributed by atoms with Crippen LogP contribution in [-0.4, -0.2) is 22.6 Å². The van der Waals surface area contributed by atoms with Crippen molar-refractivity contribution in [1.29, 1.82) is 0 Å². The van der Waals surface area contributed by atoms with Gasteiger partial charge in [0.15, 0.2) is 0 Å². The predicted molar refractivity (Wildman–Crippen MR) is 76.8 cm³/mol. The van der Waals surface area contributed by atoms with Gasteiger partial charge in [0.1, 0.15) is 5.82 Å². The molecule has 102 valence electrons. The number of para-hydroxylation sites is 1. The summed E-state index contributed by atoms with van der Waals surface area (Å²) >= 11 is 0. The Labute approximate surface area is 113 Å². The Hall–Kier alpha value is -1.35. The fourth-order valence-corrected chi connectivity index (χ4v) is 3.18. The molecule has 0 bridgehead atoms. The largest absolute Gasteiger partial charge is 0.338 e. The maximum Gasteiger partial charge on any atom is 0.147 e. The van der Waals surface area contributed by atoms with Crippen LogP contribution in [0.5, 0.6) is 0 Å². The molecule has 1 aromatic carbocycles. The third-order valence-electron chi connectivity index (χ3n) is 3.99. The van der Waals surface area contributed by atoms with Crippen LogP contribution in [0, 0.1) is 5.82 Å². The summed E-state index contributed by atoms with van der Waals surface area (Å²) in [7, 11) is 0. The van der Waals surface area contributed by atoms with Crippen LogP contribution in [0.15, 0.2) is 24.3 Å². The molecule has 1 saturated heterocycles. The van der Waals surface area contributed by atoms with Gasteiger partial charge >= 0.3 is 0 Å². The molecule has 1 aliphatic rings. The molecular weight excluding hydrogens is 239 g/mol. The van der Waals surface area contributed by atoms with E-state index in [4.69, 9.17) is 0 Å². The summed E-state index contributed by atoms with van der Waals surface area (Å²) in [6.45, 7) is 7.52. The molecule has 0 saturated carbocycles. The molecule has 1 fully saturated rings. The zero-order valence-electron chi connectivity index (χ0n) is 11.7. The molecule has 0 amide bonds. The van der Waals surface area contributed by atoms with Crippen LogP contribution in [0.25, 0.3) is 10.9 Å². The molecule has 0 N–H and O–H groups in total. The quantitative estimate of drug-likeness (QED) is 0.811. The summed E-state index contributed by atoms with van der Waals surface area (Å²) in [5.41, 5.74) is 1.99. The second-order valence-electron chi connectivity index (χ2n) is 5.76. The fraction of sp³-hybridized carbons (Fsp3) is 0.500. The van der Waals surface area contributed by atoms with E-state index < -0.39 is 0 Å². The standard InChI is InChI=1S/C16H21FN2/c1-12(2)19-14(11-18-8-3-4-9-18)10-13-6-5-7-15(17)16(13)19/h5-7,10,12H,3-4,8-9,11H2,1-2H3. The third kappa shape index (κ3) is 2.27. The lowest BCUT2D eigenvalue weighted by molar-refractivity contribution is 0.319. The third-order valence-corrected chi connectivity index (χ3v) is 3.99. The smallest absolute Gasteiger partial charge is 0.147 e. The van der Waals surface area contributed by atoms with Crippen molar-refractivity contribution in [2.45, 2.75) is 39.3 Å². The van der Waals surface area contributed by atoms with E-state index in [-0.39, 0.29) is 11.9 Å². The number of rotatable bonds is 3. The average molecular weight is 260 g/mol. The van der Waals surface area contributed by atoms with Gasteiger partial charge in [0.05, 0.1) is 5.52 Å². The number of likely N-dealkylation sites (tertiary alicyclic amines) is 1. The lowest BCUT2D eigenvalue weighted by Crippen LogP contribution is -2.21. The molecule has 3 rings (SSSR count). The van der Waals surface area contributed by atoms with E-state index in [1.807, 2.05) is 6.07 Å². The zero-order chi connectivity index (χ0) is 13.4. The Bertz CT molecular complexity index is 580. The highest BCUT2D eigenvalue weighted by Crippen LogP contribution is 2.27. The second kappa shape index (κ2) is 4.97. The fourth-order valence-electron chi connectivity index (χ4n) is 3.18. The summed E-state index contributed by atoms with van der Waals surface area (Å²) in [5, 5.41) is 1.02. The van der Waals surface area contributed by atoms with E-state index in [1.165, 1.54) is 31.6 Å².